The number of ketones is 2. The van der Waals surface area contributed by atoms with E-state index in [2.05, 4.69) is 53.6 Å². The predicted octanol–water partition coefficient (Wildman–Crippen LogP) is 0.938. The SMILES string of the molecule is COC1C(OC(=O)NC2CCC(NC(=O)CNN[C@@H](CC(C)C)C(=O)C(=O)CNC(=O)CN)CC2)CC[C@]2(CO2)C1C1(C)O[C@@H]1CC=C(C)C. The molecule has 4 rings (SSSR count). The smallest absolute Gasteiger partial charge is 0.407 e. The number of amides is 3. The van der Waals surface area contributed by atoms with Crippen molar-refractivity contribution in [3.63, 3.8) is 0 Å². The number of epoxide rings is 2. The van der Waals surface area contributed by atoms with Crippen molar-refractivity contribution in [2.45, 2.75) is 134 Å². The van der Waals surface area contributed by atoms with Gasteiger partial charge >= 0.3 is 6.09 Å². The van der Waals surface area contributed by atoms with E-state index >= 15 is 0 Å². The Hall–Kier alpha value is -2.95. The Kier molecular flexibility index (Phi) is 14.0. The van der Waals surface area contributed by atoms with E-state index in [4.69, 9.17) is 24.7 Å². The summed E-state index contributed by atoms with van der Waals surface area (Å²) in [6.45, 7) is 9.92. The molecule has 4 fully saturated rings. The summed E-state index contributed by atoms with van der Waals surface area (Å²) in [6, 6.07) is -1.01. The van der Waals surface area contributed by atoms with E-state index < -0.39 is 47.9 Å². The number of carbonyl (C=O) groups is 5. The van der Waals surface area contributed by atoms with Gasteiger partial charge in [-0.05, 0) is 78.1 Å². The number of carbonyl (C=O) groups excluding carboxylic acids is 5. The Balaban J connectivity index is 1.18. The third kappa shape index (κ3) is 10.5. The molecule has 0 radical (unpaired) electrons. The molecule has 50 heavy (non-hydrogen) atoms. The number of nitrogens with two attached hydrogens (primary N) is 1. The molecule has 0 aromatic carbocycles. The van der Waals surface area contributed by atoms with E-state index in [0.29, 0.717) is 45.1 Å². The molecule has 15 heteroatoms. The second-order valence-corrected chi connectivity index (χ2v) is 15.0. The fourth-order valence-corrected chi connectivity index (χ4v) is 7.56. The summed E-state index contributed by atoms with van der Waals surface area (Å²) in [6.07, 6.45) is 6.33. The summed E-state index contributed by atoms with van der Waals surface area (Å²) >= 11 is 0. The van der Waals surface area contributed by atoms with Gasteiger partial charge in [0, 0.05) is 19.2 Å². The number of hydrazine groups is 1. The highest BCUT2D eigenvalue weighted by Gasteiger charge is 2.72. The first kappa shape index (κ1) is 39.8. The molecule has 4 aliphatic rings. The fourth-order valence-electron chi connectivity index (χ4n) is 7.56. The lowest BCUT2D eigenvalue weighted by Crippen LogP contribution is -2.56. The Labute approximate surface area is 295 Å². The van der Waals surface area contributed by atoms with Crippen molar-refractivity contribution in [1.29, 1.82) is 0 Å². The minimum absolute atomic E-state index is 0.0503. The largest absolute Gasteiger partial charge is 0.443 e. The second kappa shape index (κ2) is 17.5. The van der Waals surface area contributed by atoms with Gasteiger partial charge in [-0.2, -0.15) is 0 Å². The van der Waals surface area contributed by atoms with Gasteiger partial charge in [0.05, 0.1) is 44.3 Å². The molecule has 0 aromatic heterocycles. The molecule has 3 amide bonds. The highest BCUT2D eigenvalue weighted by molar-refractivity contribution is 6.40. The van der Waals surface area contributed by atoms with Crippen molar-refractivity contribution in [3.8, 4) is 0 Å². The maximum atomic E-state index is 13.1. The molecule has 1 spiro atoms. The summed E-state index contributed by atoms with van der Waals surface area (Å²) in [4.78, 5) is 62.1. The molecule has 0 bridgehead atoms. The van der Waals surface area contributed by atoms with E-state index in [1.165, 1.54) is 5.57 Å². The number of methoxy groups -OCH3 is 1. The van der Waals surface area contributed by atoms with Crippen LogP contribution < -0.4 is 32.5 Å². The number of allylic oxidation sites excluding steroid dienone is 1. The Morgan fingerprint density at radius 1 is 0.980 bits per heavy atom. The van der Waals surface area contributed by atoms with E-state index in [9.17, 15) is 24.0 Å². The molecule has 2 heterocycles. The van der Waals surface area contributed by atoms with Crippen LogP contribution in [0, 0.1) is 11.8 Å². The molecular formula is C35H58N6O9. The maximum Gasteiger partial charge on any atom is 0.407 e. The topological polar surface area (TPSA) is 215 Å². The van der Waals surface area contributed by atoms with Crippen molar-refractivity contribution in [1.82, 2.24) is 26.8 Å². The molecule has 7 N–H and O–H groups in total. The highest BCUT2D eigenvalue weighted by atomic mass is 16.6. The summed E-state index contributed by atoms with van der Waals surface area (Å²) < 4.78 is 24.3. The summed E-state index contributed by atoms with van der Waals surface area (Å²) in [7, 11) is 1.66. The van der Waals surface area contributed by atoms with Gasteiger partial charge in [0.15, 0.2) is 0 Å². The Morgan fingerprint density at radius 3 is 2.22 bits per heavy atom. The molecular weight excluding hydrogens is 648 g/mol. The molecule has 0 aromatic rings. The zero-order valence-electron chi connectivity index (χ0n) is 30.4. The van der Waals surface area contributed by atoms with Gasteiger partial charge in [0.2, 0.25) is 23.4 Å². The highest BCUT2D eigenvalue weighted by Crippen LogP contribution is 2.59. The lowest BCUT2D eigenvalue weighted by Gasteiger charge is -2.42. The molecule has 7 atom stereocenters. The summed E-state index contributed by atoms with van der Waals surface area (Å²) in [5.41, 5.74) is 11.3. The lowest BCUT2D eigenvalue weighted by atomic mass is 9.68. The van der Waals surface area contributed by atoms with Crippen LogP contribution in [0.2, 0.25) is 0 Å². The Bertz CT molecular complexity index is 1260. The van der Waals surface area contributed by atoms with Gasteiger partial charge in [0.25, 0.3) is 0 Å². The molecule has 2 aliphatic heterocycles. The van der Waals surface area contributed by atoms with Crippen LogP contribution in [0.3, 0.4) is 0 Å². The van der Waals surface area contributed by atoms with Crippen molar-refractivity contribution >= 4 is 29.5 Å². The van der Waals surface area contributed by atoms with E-state index in [-0.39, 0.29) is 60.7 Å². The fraction of sp³-hybridized carbons (Fsp3) is 0.800. The number of Topliss-reactive ketones (excluding diaryl/α,β-unsaturated/α-hetero) is 2. The van der Waals surface area contributed by atoms with Crippen LogP contribution in [0.15, 0.2) is 11.6 Å². The minimum atomic E-state index is -0.859. The number of rotatable bonds is 18. The van der Waals surface area contributed by atoms with Gasteiger partial charge in [-0.25, -0.2) is 15.6 Å². The van der Waals surface area contributed by atoms with Crippen molar-refractivity contribution in [3.05, 3.63) is 11.6 Å². The van der Waals surface area contributed by atoms with E-state index in [1.807, 2.05) is 13.8 Å². The van der Waals surface area contributed by atoms with Crippen molar-refractivity contribution < 1.29 is 42.9 Å². The van der Waals surface area contributed by atoms with Crippen LogP contribution in [0.1, 0.15) is 86.0 Å². The van der Waals surface area contributed by atoms with E-state index in [1.54, 1.807) is 7.11 Å². The minimum Gasteiger partial charge on any atom is -0.443 e. The van der Waals surface area contributed by atoms with Crippen molar-refractivity contribution in [2.75, 3.05) is 33.4 Å². The molecule has 4 unspecified atom stereocenters. The van der Waals surface area contributed by atoms with E-state index in [0.717, 1.165) is 12.8 Å². The predicted molar refractivity (Wildman–Crippen MR) is 184 cm³/mol. The first-order valence-electron chi connectivity index (χ1n) is 18.0. The molecule has 2 saturated heterocycles. The zero-order chi connectivity index (χ0) is 36.6. The average Bonchev–Trinajstić information content (AvgIpc) is 3.99. The van der Waals surface area contributed by atoms with Gasteiger partial charge in [-0.15, -0.1) is 0 Å². The summed E-state index contributed by atoms with van der Waals surface area (Å²) in [5.74, 6) is -2.19. The number of hydrogen-bond acceptors (Lipinski definition) is 12. The quantitative estimate of drug-likeness (QED) is 0.0509. The Morgan fingerprint density at radius 2 is 1.64 bits per heavy atom. The molecule has 15 nitrogen and oxygen atoms in total. The van der Waals surface area contributed by atoms with Crippen LogP contribution in [-0.4, -0.2) is 110 Å². The second-order valence-electron chi connectivity index (χ2n) is 15.0. The molecule has 2 aliphatic carbocycles. The van der Waals surface area contributed by atoms with Gasteiger partial charge in [-0.1, -0.05) is 25.5 Å². The first-order valence-corrected chi connectivity index (χ1v) is 18.0. The zero-order valence-corrected chi connectivity index (χ0v) is 30.4. The first-order chi connectivity index (χ1) is 23.7. The number of nitrogens with one attached hydrogen (secondary N) is 5. The van der Waals surface area contributed by atoms with Crippen LogP contribution in [0.5, 0.6) is 0 Å². The normalized spacial score (nSPS) is 32.1. The number of hydrogen-bond donors (Lipinski definition) is 6. The standard InChI is InChI=1S/C35H58N6O9/c1-20(2)7-12-27-34(5,50-27)32-31(47-6)26(13-14-35(32)19-48-35)49-33(46)40-23-10-8-22(9-11-23)39-29(44)18-38-41-24(15-21(3)4)30(45)25(42)17-37-28(43)16-36/h7,21-24,26-27,31-32,38,41H,8-19,36H2,1-6H3,(H,37,43)(H,39,44)(H,40,46)/t22?,23?,24-,26?,27+,31?,32?,34?,35-/m0/s1. The van der Waals surface area contributed by atoms with Gasteiger partial charge in [0.1, 0.15) is 23.4 Å². The number of alkyl carbamates (subject to hydrolysis) is 1. The average molecular weight is 707 g/mol. The van der Waals surface area contributed by atoms with Crippen molar-refractivity contribution in [2.24, 2.45) is 17.6 Å². The lowest BCUT2D eigenvalue weighted by molar-refractivity contribution is -0.138. The van der Waals surface area contributed by atoms with Crippen LogP contribution in [0.4, 0.5) is 4.79 Å². The third-order valence-corrected chi connectivity index (χ3v) is 10.4. The number of ether oxygens (including phenoxy) is 4. The van der Waals surface area contributed by atoms with Gasteiger partial charge in [-0.3, -0.25) is 19.2 Å². The monoisotopic (exact) mass is 706 g/mol. The van der Waals surface area contributed by atoms with Crippen LogP contribution in [-0.2, 0) is 38.1 Å². The maximum absolute atomic E-state index is 13.1. The van der Waals surface area contributed by atoms with Crippen LogP contribution >= 0.6 is 0 Å². The van der Waals surface area contributed by atoms with Gasteiger partial charge < -0.3 is 40.6 Å². The summed E-state index contributed by atoms with van der Waals surface area (Å²) in [5, 5.41) is 8.32. The molecule has 282 valence electrons. The molecule has 2 saturated carbocycles. The third-order valence-electron chi connectivity index (χ3n) is 10.4. The van der Waals surface area contributed by atoms with Crippen LogP contribution in [0.25, 0.3) is 0 Å².